The second-order valence-corrected chi connectivity index (χ2v) is 3.72. The van der Waals surface area contributed by atoms with Crippen LogP contribution < -0.4 is 11.1 Å². The summed E-state index contributed by atoms with van der Waals surface area (Å²) in [6, 6.07) is 0.144. The van der Waals surface area contributed by atoms with E-state index in [1.165, 1.54) is 10.9 Å². The van der Waals surface area contributed by atoms with Crippen LogP contribution in [0.2, 0.25) is 0 Å². The Morgan fingerprint density at radius 3 is 2.71 bits per heavy atom. The van der Waals surface area contributed by atoms with Crippen LogP contribution in [-0.4, -0.2) is 20.7 Å². The normalized spacial score (nSPS) is 10.5. The molecule has 2 heterocycles. The number of carbonyl (C=O) groups excluding carboxylic acids is 1. The standard InChI is InChI=1S/C10H13N5O2/c1-5-4-17-10(12-5)13-9(16)8-7(11)6(2)14-15(8)3/h4H,11H2,1-3H3,(H,12,13,16). The van der Waals surface area contributed by atoms with Crippen LogP contribution in [0.1, 0.15) is 21.9 Å². The van der Waals surface area contributed by atoms with Crippen molar-refractivity contribution < 1.29 is 9.21 Å². The van der Waals surface area contributed by atoms with Crippen molar-refractivity contribution in [3.05, 3.63) is 23.3 Å². The first-order valence-corrected chi connectivity index (χ1v) is 5.01. The van der Waals surface area contributed by atoms with E-state index in [4.69, 9.17) is 10.2 Å². The zero-order valence-corrected chi connectivity index (χ0v) is 9.81. The van der Waals surface area contributed by atoms with Crippen molar-refractivity contribution in [2.75, 3.05) is 11.1 Å². The van der Waals surface area contributed by atoms with E-state index in [-0.39, 0.29) is 6.01 Å². The first-order chi connectivity index (χ1) is 7.99. The third-order valence-electron chi connectivity index (χ3n) is 2.32. The fraction of sp³-hybridized carbons (Fsp3) is 0.300. The molecule has 0 saturated heterocycles. The van der Waals surface area contributed by atoms with Crippen LogP contribution in [0.4, 0.5) is 11.7 Å². The summed E-state index contributed by atoms with van der Waals surface area (Å²) in [4.78, 5) is 15.9. The highest BCUT2D eigenvalue weighted by Gasteiger charge is 2.19. The molecule has 0 fully saturated rings. The minimum Gasteiger partial charge on any atom is -0.432 e. The van der Waals surface area contributed by atoms with Crippen molar-refractivity contribution in [2.45, 2.75) is 13.8 Å². The van der Waals surface area contributed by atoms with E-state index in [2.05, 4.69) is 15.4 Å². The molecule has 0 aliphatic carbocycles. The zero-order chi connectivity index (χ0) is 12.6. The van der Waals surface area contributed by atoms with Gasteiger partial charge in [0, 0.05) is 7.05 Å². The van der Waals surface area contributed by atoms with Gasteiger partial charge in [-0.2, -0.15) is 10.1 Å². The van der Waals surface area contributed by atoms with Crippen molar-refractivity contribution in [1.29, 1.82) is 0 Å². The van der Waals surface area contributed by atoms with Crippen LogP contribution in [0.25, 0.3) is 0 Å². The third kappa shape index (κ3) is 1.99. The van der Waals surface area contributed by atoms with E-state index in [0.29, 0.717) is 22.8 Å². The third-order valence-corrected chi connectivity index (χ3v) is 2.32. The molecule has 0 unspecified atom stereocenters. The second kappa shape index (κ2) is 3.93. The monoisotopic (exact) mass is 235 g/mol. The lowest BCUT2D eigenvalue weighted by atomic mass is 10.3. The summed E-state index contributed by atoms with van der Waals surface area (Å²) >= 11 is 0. The Hall–Kier alpha value is -2.31. The lowest BCUT2D eigenvalue weighted by Crippen LogP contribution is -2.17. The number of anilines is 2. The number of nitrogen functional groups attached to an aromatic ring is 1. The Bertz CT molecular complexity index is 569. The Kier molecular flexibility index (Phi) is 2.58. The molecule has 1 amide bonds. The first kappa shape index (κ1) is 11.2. The van der Waals surface area contributed by atoms with E-state index in [9.17, 15) is 4.79 Å². The van der Waals surface area contributed by atoms with Crippen LogP contribution in [0, 0.1) is 13.8 Å². The molecule has 0 radical (unpaired) electrons. The average molecular weight is 235 g/mol. The molecule has 0 aliphatic heterocycles. The first-order valence-electron chi connectivity index (χ1n) is 5.01. The van der Waals surface area contributed by atoms with Crippen LogP contribution in [-0.2, 0) is 7.05 Å². The quantitative estimate of drug-likeness (QED) is 0.804. The molecule has 7 nitrogen and oxygen atoms in total. The van der Waals surface area contributed by atoms with Crippen LogP contribution in [0.5, 0.6) is 0 Å². The van der Waals surface area contributed by atoms with Gasteiger partial charge in [0.15, 0.2) is 0 Å². The molecule has 7 heteroatoms. The van der Waals surface area contributed by atoms with Gasteiger partial charge in [0.25, 0.3) is 5.91 Å². The summed E-state index contributed by atoms with van der Waals surface area (Å²) < 4.78 is 6.46. The number of hydrogen-bond acceptors (Lipinski definition) is 5. The van der Waals surface area contributed by atoms with Gasteiger partial charge in [-0.1, -0.05) is 0 Å². The number of nitrogens with zero attached hydrogens (tertiary/aromatic N) is 3. The molecular formula is C10H13N5O2. The Morgan fingerprint density at radius 2 is 2.24 bits per heavy atom. The molecule has 0 aliphatic rings. The lowest BCUT2D eigenvalue weighted by Gasteiger charge is -2.02. The molecule has 2 aromatic rings. The van der Waals surface area contributed by atoms with Gasteiger partial charge in [-0.3, -0.25) is 14.8 Å². The average Bonchev–Trinajstić information content (AvgIpc) is 2.73. The number of amides is 1. The highest BCUT2D eigenvalue weighted by Crippen LogP contribution is 2.17. The van der Waals surface area contributed by atoms with Gasteiger partial charge in [-0.15, -0.1) is 0 Å². The molecule has 90 valence electrons. The van der Waals surface area contributed by atoms with E-state index in [0.717, 1.165) is 0 Å². The van der Waals surface area contributed by atoms with Gasteiger partial charge in [-0.05, 0) is 13.8 Å². The maximum Gasteiger partial charge on any atom is 0.301 e. The zero-order valence-electron chi connectivity index (χ0n) is 9.81. The van der Waals surface area contributed by atoms with Crippen LogP contribution in [0.15, 0.2) is 10.7 Å². The largest absolute Gasteiger partial charge is 0.432 e. The molecule has 2 aromatic heterocycles. The Morgan fingerprint density at radius 1 is 1.53 bits per heavy atom. The summed E-state index contributed by atoms with van der Waals surface area (Å²) in [5.74, 6) is -0.396. The summed E-state index contributed by atoms with van der Waals surface area (Å²) in [6.45, 7) is 3.50. The van der Waals surface area contributed by atoms with Gasteiger partial charge in [0.2, 0.25) is 0 Å². The summed E-state index contributed by atoms with van der Waals surface area (Å²) in [7, 11) is 1.65. The maximum atomic E-state index is 11.9. The van der Waals surface area contributed by atoms with Crippen LogP contribution >= 0.6 is 0 Å². The van der Waals surface area contributed by atoms with Crippen molar-refractivity contribution in [2.24, 2.45) is 7.05 Å². The van der Waals surface area contributed by atoms with Crippen molar-refractivity contribution in [3.63, 3.8) is 0 Å². The van der Waals surface area contributed by atoms with E-state index < -0.39 is 5.91 Å². The molecule has 2 rings (SSSR count). The molecule has 0 atom stereocenters. The predicted molar refractivity (Wildman–Crippen MR) is 61.6 cm³/mol. The number of rotatable bonds is 2. The highest BCUT2D eigenvalue weighted by molar-refractivity contribution is 6.05. The van der Waals surface area contributed by atoms with Gasteiger partial charge in [-0.25, -0.2) is 0 Å². The van der Waals surface area contributed by atoms with E-state index in [1.54, 1.807) is 20.9 Å². The van der Waals surface area contributed by atoms with Gasteiger partial charge in [0.05, 0.1) is 17.1 Å². The second-order valence-electron chi connectivity index (χ2n) is 3.72. The molecule has 0 bridgehead atoms. The smallest absolute Gasteiger partial charge is 0.301 e. The molecule has 0 spiro atoms. The van der Waals surface area contributed by atoms with Crippen LogP contribution in [0.3, 0.4) is 0 Å². The predicted octanol–water partition coefficient (Wildman–Crippen LogP) is 0.859. The Labute approximate surface area is 97.6 Å². The number of nitrogens with two attached hydrogens (primary N) is 1. The van der Waals surface area contributed by atoms with Gasteiger partial charge in [0.1, 0.15) is 12.0 Å². The minimum atomic E-state index is -0.396. The highest BCUT2D eigenvalue weighted by atomic mass is 16.4. The summed E-state index contributed by atoms with van der Waals surface area (Å²) in [5, 5.41) is 6.57. The summed E-state index contributed by atoms with van der Waals surface area (Å²) in [6.07, 6.45) is 1.45. The van der Waals surface area contributed by atoms with Crippen molar-refractivity contribution in [3.8, 4) is 0 Å². The van der Waals surface area contributed by atoms with Crippen molar-refractivity contribution in [1.82, 2.24) is 14.8 Å². The van der Waals surface area contributed by atoms with Gasteiger partial charge >= 0.3 is 6.01 Å². The number of nitrogens with one attached hydrogen (secondary N) is 1. The number of hydrogen-bond donors (Lipinski definition) is 2. The topological polar surface area (TPSA) is 99.0 Å². The van der Waals surface area contributed by atoms with Gasteiger partial charge < -0.3 is 10.2 Å². The number of carbonyl (C=O) groups is 1. The fourth-order valence-electron chi connectivity index (χ4n) is 1.51. The number of aryl methyl sites for hydroxylation is 3. The van der Waals surface area contributed by atoms with E-state index >= 15 is 0 Å². The number of aromatic nitrogens is 3. The SMILES string of the molecule is Cc1coc(NC(=O)c2c(N)c(C)nn2C)n1. The lowest BCUT2D eigenvalue weighted by molar-refractivity contribution is 0.101. The number of oxazole rings is 1. The fourth-order valence-corrected chi connectivity index (χ4v) is 1.51. The molecule has 17 heavy (non-hydrogen) atoms. The Balaban J connectivity index is 2.26. The minimum absolute atomic E-state index is 0.144. The van der Waals surface area contributed by atoms with E-state index in [1.807, 2.05) is 0 Å². The molecule has 3 N–H and O–H groups in total. The molecule has 0 aromatic carbocycles. The van der Waals surface area contributed by atoms with Crippen molar-refractivity contribution >= 4 is 17.6 Å². The summed E-state index contributed by atoms with van der Waals surface area (Å²) in [5.41, 5.74) is 7.71. The molecular weight excluding hydrogens is 222 g/mol. The molecule has 0 saturated carbocycles. The maximum absolute atomic E-state index is 11.9.